The fraction of sp³-hybridized carbons (Fsp3) is 0.176. The van der Waals surface area contributed by atoms with Gasteiger partial charge in [0.25, 0.3) is 0 Å². The number of hydrogen-bond donors (Lipinski definition) is 2. The van der Waals surface area contributed by atoms with Gasteiger partial charge in [-0.1, -0.05) is 6.07 Å². The molecular formula is C17H16FNO4S2. The van der Waals surface area contributed by atoms with Crippen molar-refractivity contribution in [3.8, 4) is 0 Å². The summed E-state index contributed by atoms with van der Waals surface area (Å²) in [6.07, 6.45) is 1.41. The molecule has 0 bridgehead atoms. The zero-order valence-electron chi connectivity index (χ0n) is 13.3. The normalized spacial score (nSPS) is 14.4. The second kappa shape index (κ2) is 6.72. The van der Waals surface area contributed by atoms with Crippen molar-refractivity contribution in [1.82, 2.24) is 4.72 Å². The Bertz CT molecular complexity index is 916. The largest absolute Gasteiger partial charge is 0.466 e. The van der Waals surface area contributed by atoms with Gasteiger partial charge < -0.3 is 9.52 Å². The van der Waals surface area contributed by atoms with Gasteiger partial charge in [-0.2, -0.15) is 0 Å². The molecule has 132 valence electrons. The fourth-order valence-corrected chi connectivity index (χ4v) is 4.63. The summed E-state index contributed by atoms with van der Waals surface area (Å²) in [5.41, 5.74) is -1.36. The molecule has 0 aliphatic rings. The quantitative estimate of drug-likeness (QED) is 0.688. The number of aliphatic hydroxyl groups is 1. The van der Waals surface area contributed by atoms with Crippen molar-refractivity contribution in [3.63, 3.8) is 0 Å². The lowest BCUT2D eigenvalue weighted by molar-refractivity contribution is 0.0655. The third kappa shape index (κ3) is 3.52. The lowest BCUT2D eigenvalue weighted by Crippen LogP contribution is -2.41. The van der Waals surface area contributed by atoms with Gasteiger partial charge in [0.05, 0.1) is 17.7 Å². The van der Waals surface area contributed by atoms with Crippen LogP contribution in [0.15, 0.2) is 63.4 Å². The van der Waals surface area contributed by atoms with Crippen molar-refractivity contribution >= 4 is 21.4 Å². The first-order valence-corrected chi connectivity index (χ1v) is 9.75. The van der Waals surface area contributed by atoms with Crippen molar-refractivity contribution in [2.45, 2.75) is 17.4 Å². The van der Waals surface area contributed by atoms with E-state index < -0.39 is 21.4 Å². The highest BCUT2D eigenvalue weighted by Crippen LogP contribution is 2.33. The van der Waals surface area contributed by atoms with Gasteiger partial charge in [-0.15, -0.1) is 11.3 Å². The van der Waals surface area contributed by atoms with Crippen LogP contribution in [0.5, 0.6) is 0 Å². The van der Waals surface area contributed by atoms with E-state index in [9.17, 15) is 17.9 Å². The molecule has 0 amide bonds. The monoisotopic (exact) mass is 381 g/mol. The van der Waals surface area contributed by atoms with E-state index in [4.69, 9.17) is 4.42 Å². The molecule has 2 aromatic heterocycles. The Labute approximate surface area is 148 Å². The fourth-order valence-electron chi connectivity index (χ4n) is 2.51. The first kappa shape index (κ1) is 17.8. The van der Waals surface area contributed by atoms with Crippen LogP contribution in [-0.2, 0) is 15.6 Å². The molecule has 1 atom stereocenters. The second-order valence-corrected chi connectivity index (χ2v) is 8.23. The van der Waals surface area contributed by atoms with Gasteiger partial charge in [-0.25, -0.2) is 17.5 Å². The van der Waals surface area contributed by atoms with Crippen LogP contribution in [0.3, 0.4) is 0 Å². The molecule has 3 rings (SSSR count). The maximum Gasteiger partial charge on any atom is 0.240 e. The van der Waals surface area contributed by atoms with Gasteiger partial charge in [-0.3, -0.25) is 0 Å². The maximum absolute atomic E-state index is 13.2. The number of furan rings is 1. The minimum atomic E-state index is -3.94. The van der Waals surface area contributed by atoms with Crippen LogP contribution in [0.2, 0.25) is 0 Å². The van der Waals surface area contributed by atoms with Crippen LogP contribution in [0.25, 0.3) is 0 Å². The minimum Gasteiger partial charge on any atom is -0.466 e. The minimum absolute atomic E-state index is 0.0399. The number of benzene rings is 1. The smallest absolute Gasteiger partial charge is 0.240 e. The molecule has 0 aliphatic heterocycles. The number of thiophene rings is 1. The molecule has 25 heavy (non-hydrogen) atoms. The third-order valence-electron chi connectivity index (χ3n) is 3.80. The highest BCUT2D eigenvalue weighted by molar-refractivity contribution is 7.89. The summed E-state index contributed by atoms with van der Waals surface area (Å²) < 4.78 is 46.1. The van der Waals surface area contributed by atoms with E-state index in [1.54, 1.807) is 29.6 Å². The van der Waals surface area contributed by atoms with E-state index in [1.165, 1.54) is 30.6 Å². The lowest BCUT2D eigenvalue weighted by atomic mass is 9.99. The van der Waals surface area contributed by atoms with E-state index in [-0.39, 0.29) is 22.8 Å². The Kier molecular flexibility index (Phi) is 4.79. The van der Waals surface area contributed by atoms with E-state index in [0.717, 1.165) is 12.1 Å². The van der Waals surface area contributed by atoms with E-state index >= 15 is 0 Å². The molecular weight excluding hydrogens is 365 g/mol. The van der Waals surface area contributed by atoms with Crippen LogP contribution in [0.1, 0.15) is 16.2 Å². The molecule has 1 unspecified atom stereocenters. The molecule has 0 spiro atoms. The van der Waals surface area contributed by atoms with Crippen LogP contribution in [0.4, 0.5) is 4.39 Å². The molecule has 8 heteroatoms. The Morgan fingerprint density at radius 3 is 2.68 bits per heavy atom. The van der Waals surface area contributed by atoms with E-state index in [0.29, 0.717) is 4.88 Å². The summed E-state index contributed by atoms with van der Waals surface area (Å²) in [6, 6.07) is 10.1. The number of rotatable bonds is 6. The molecule has 0 saturated heterocycles. The van der Waals surface area contributed by atoms with Crippen molar-refractivity contribution < 1.29 is 22.3 Å². The molecule has 0 saturated carbocycles. The number of nitrogens with one attached hydrogen (secondary N) is 1. The van der Waals surface area contributed by atoms with Gasteiger partial charge in [-0.05, 0) is 54.3 Å². The Balaban J connectivity index is 1.91. The molecule has 2 heterocycles. The van der Waals surface area contributed by atoms with Crippen molar-refractivity contribution in [1.29, 1.82) is 0 Å². The molecule has 2 N–H and O–H groups in total. The molecule has 3 aromatic rings. The maximum atomic E-state index is 13.2. The predicted octanol–water partition coefficient (Wildman–Crippen LogP) is 3.00. The van der Waals surface area contributed by atoms with E-state index in [1.807, 2.05) is 0 Å². The Hall–Kier alpha value is -2.00. The lowest BCUT2D eigenvalue weighted by Gasteiger charge is -2.25. The van der Waals surface area contributed by atoms with Gasteiger partial charge >= 0.3 is 0 Å². The molecule has 0 fully saturated rings. The van der Waals surface area contributed by atoms with Crippen LogP contribution >= 0.6 is 11.3 Å². The summed E-state index contributed by atoms with van der Waals surface area (Å²) in [5, 5.41) is 12.9. The Morgan fingerprint density at radius 1 is 1.28 bits per heavy atom. The number of halogens is 1. The van der Waals surface area contributed by atoms with Crippen molar-refractivity contribution in [3.05, 3.63) is 76.1 Å². The van der Waals surface area contributed by atoms with E-state index in [2.05, 4.69) is 4.72 Å². The van der Waals surface area contributed by atoms with Crippen molar-refractivity contribution in [2.24, 2.45) is 0 Å². The standard InChI is InChI=1S/C17H16FNO4S2/c1-12-10-13(18)6-7-14(12)25(21,22)19-11-17(20,15-4-2-8-23-15)16-5-3-9-24-16/h2-10,19-20H,11H2,1H3. The van der Waals surface area contributed by atoms with Crippen LogP contribution in [0, 0.1) is 12.7 Å². The van der Waals surface area contributed by atoms with Gasteiger partial charge in [0.15, 0.2) is 5.60 Å². The summed E-state index contributed by atoms with van der Waals surface area (Å²) in [5.74, 6) is -0.282. The summed E-state index contributed by atoms with van der Waals surface area (Å²) in [7, 11) is -3.94. The SMILES string of the molecule is Cc1cc(F)ccc1S(=O)(=O)NCC(O)(c1ccco1)c1cccs1. The highest BCUT2D eigenvalue weighted by atomic mass is 32.2. The van der Waals surface area contributed by atoms with Crippen molar-refractivity contribution in [2.75, 3.05) is 6.54 Å². The van der Waals surface area contributed by atoms with Gasteiger partial charge in [0.1, 0.15) is 11.6 Å². The molecule has 0 aliphatic carbocycles. The number of aryl methyl sites for hydroxylation is 1. The average Bonchev–Trinajstić information content (AvgIpc) is 3.26. The third-order valence-corrected chi connectivity index (χ3v) is 6.38. The molecule has 1 aromatic carbocycles. The zero-order chi connectivity index (χ0) is 18.1. The predicted molar refractivity (Wildman–Crippen MR) is 92.4 cm³/mol. The Morgan fingerprint density at radius 2 is 2.08 bits per heavy atom. The van der Waals surface area contributed by atoms with Gasteiger partial charge in [0, 0.05) is 4.88 Å². The van der Waals surface area contributed by atoms with Gasteiger partial charge in [0.2, 0.25) is 10.0 Å². The molecule has 0 radical (unpaired) electrons. The van der Waals surface area contributed by atoms with Crippen LogP contribution < -0.4 is 4.72 Å². The molecule has 5 nitrogen and oxygen atoms in total. The number of hydrogen-bond acceptors (Lipinski definition) is 5. The zero-order valence-corrected chi connectivity index (χ0v) is 14.9. The summed E-state index contributed by atoms with van der Waals surface area (Å²) in [6.45, 7) is 1.19. The topological polar surface area (TPSA) is 79.5 Å². The first-order chi connectivity index (χ1) is 11.8. The van der Waals surface area contributed by atoms with Crippen LogP contribution in [-0.4, -0.2) is 20.1 Å². The average molecular weight is 381 g/mol. The first-order valence-electron chi connectivity index (χ1n) is 7.39. The highest BCUT2D eigenvalue weighted by Gasteiger charge is 2.37. The number of sulfonamides is 1. The second-order valence-electron chi connectivity index (χ2n) is 5.55. The summed E-state index contributed by atoms with van der Waals surface area (Å²) >= 11 is 1.29. The summed E-state index contributed by atoms with van der Waals surface area (Å²) in [4.78, 5) is 0.503.